The Labute approximate surface area is 162 Å². The Balaban J connectivity index is 1.46. The summed E-state index contributed by atoms with van der Waals surface area (Å²) in [5.41, 5.74) is 3.46. The van der Waals surface area contributed by atoms with E-state index in [1.165, 1.54) is 5.56 Å². The zero-order chi connectivity index (χ0) is 19.2. The van der Waals surface area contributed by atoms with E-state index >= 15 is 0 Å². The molecule has 3 rings (SSSR count). The minimum Gasteiger partial charge on any atom is -0.495 e. The van der Waals surface area contributed by atoms with E-state index in [9.17, 15) is 5.11 Å². The molecule has 0 spiro atoms. The van der Waals surface area contributed by atoms with E-state index in [0.717, 1.165) is 48.9 Å². The summed E-state index contributed by atoms with van der Waals surface area (Å²) >= 11 is 0. The number of hydrogen-bond donors (Lipinski definition) is 1. The molecule has 146 valence electrons. The molecule has 0 unspecified atom stereocenters. The van der Waals surface area contributed by atoms with Crippen molar-refractivity contribution in [3.05, 3.63) is 53.6 Å². The molecule has 5 heteroatoms. The lowest BCUT2D eigenvalue weighted by atomic mass is 10.1. The second-order valence-corrected chi connectivity index (χ2v) is 7.19. The summed E-state index contributed by atoms with van der Waals surface area (Å²) in [6.45, 7) is 8.72. The van der Waals surface area contributed by atoms with Crippen LogP contribution in [-0.4, -0.2) is 62.6 Å². The first kappa shape index (κ1) is 19.5. The smallest absolute Gasteiger partial charge is 0.142 e. The van der Waals surface area contributed by atoms with Gasteiger partial charge in [-0.1, -0.05) is 29.8 Å². The lowest BCUT2D eigenvalue weighted by Crippen LogP contribution is -2.49. The molecular weight excluding hydrogens is 340 g/mol. The number of methoxy groups -OCH3 is 1. The van der Waals surface area contributed by atoms with Crippen LogP contribution in [0.5, 0.6) is 11.5 Å². The molecule has 0 aromatic heterocycles. The van der Waals surface area contributed by atoms with E-state index < -0.39 is 6.10 Å². The fraction of sp³-hybridized carbons (Fsp3) is 0.455. The number of para-hydroxylation sites is 2. The minimum absolute atomic E-state index is 0.316. The van der Waals surface area contributed by atoms with Gasteiger partial charge in [0, 0.05) is 32.7 Å². The Morgan fingerprint density at radius 2 is 1.74 bits per heavy atom. The lowest BCUT2D eigenvalue weighted by Gasteiger charge is -2.37. The Hall–Kier alpha value is -2.24. The monoisotopic (exact) mass is 370 g/mol. The van der Waals surface area contributed by atoms with Crippen molar-refractivity contribution in [1.29, 1.82) is 0 Å². The SMILES string of the molecule is COc1ccccc1N1CCN(C[C@@H](O)COc2ccc(C)cc2C)CC1. The average molecular weight is 370 g/mol. The molecule has 0 saturated carbocycles. The molecule has 1 saturated heterocycles. The molecule has 27 heavy (non-hydrogen) atoms. The number of aliphatic hydroxyl groups excluding tert-OH is 1. The topological polar surface area (TPSA) is 45.2 Å². The number of aliphatic hydroxyl groups is 1. The van der Waals surface area contributed by atoms with E-state index in [1.54, 1.807) is 7.11 Å². The summed E-state index contributed by atoms with van der Waals surface area (Å²) < 4.78 is 11.3. The first-order chi connectivity index (χ1) is 13.1. The van der Waals surface area contributed by atoms with E-state index in [1.807, 2.05) is 37.3 Å². The molecule has 1 fully saturated rings. The van der Waals surface area contributed by atoms with E-state index in [-0.39, 0.29) is 0 Å². The Morgan fingerprint density at radius 1 is 1.00 bits per heavy atom. The van der Waals surface area contributed by atoms with Crippen LogP contribution < -0.4 is 14.4 Å². The highest BCUT2D eigenvalue weighted by atomic mass is 16.5. The molecule has 0 bridgehead atoms. The summed E-state index contributed by atoms with van der Waals surface area (Å²) in [4.78, 5) is 4.63. The number of β-amino-alcohol motifs (C(OH)–C–C–N with tert-alkyl or cyclic N) is 1. The minimum atomic E-state index is -0.497. The van der Waals surface area contributed by atoms with Crippen LogP contribution in [0, 0.1) is 13.8 Å². The molecule has 1 aliphatic rings. The molecule has 2 aromatic rings. The molecule has 0 amide bonds. The normalized spacial score (nSPS) is 16.2. The highest BCUT2D eigenvalue weighted by molar-refractivity contribution is 5.58. The molecule has 2 aromatic carbocycles. The van der Waals surface area contributed by atoms with Gasteiger partial charge in [0.1, 0.15) is 24.2 Å². The molecule has 0 radical (unpaired) electrons. The van der Waals surface area contributed by atoms with Gasteiger partial charge in [-0.15, -0.1) is 0 Å². The van der Waals surface area contributed by atoms with Crippen molar-refractivity contribution in [3.8, 4) is 11.5 Å². The number of nitrogens with zero attached hydrogens (tertiary/aromatic N) is 2. The van der Waals surface area contributed by atoms with Crippen molar-refractivity contribution in [2.24, 2.45) is 0 Å². The van der Waals surface area contributed by atoms with Crippen LogP contribution in [0.1, 0.15) is 11.1 Å². The number of rotatable bonds is 7. The van der Waals surface area contributed by atoms with Crippen molar-refractivity contribution in [2.45, 2.75) is 20.0 Å². The quantitative estimate of drug-likeness (QED) is 0.812. The van der Waals surface area contributed by atoms with Crippen LogP contribution in [0.4, 0.5) is 5.69 Å². The Morgan fingerprint density at radius 3 is 2.44 bits per heavy atom. The summed E-state index contributed by atoms with van der Waals surface area (Å²) in [5.74, 6) is 1.76. The van der Waals surface area contributed by atoms with Crippen LogP contribution in [0.2, 0.25) is 0 Å². The third kappa shape index (κ3) is 5.15. The van der Waals surface area contributed by atoms with Gasteiger partial charge in [-0.05, 0) is 37.6 Å². The van der Waals surface area contributed by atoms with Gasteiger partial charge < -0.3 is 19.5 Å². The van der Waals surface area contributed by atoms with Gasteiger partial charge in [0.15, 0.2) is 0 Å². The predicted octanol–water partition coefficient (Wildman–Crippen LogP) is 2.87. The van der Waals surface area contributed by atoms with E-state index in [4.69, 9.17) is 9.47 Å². The summed E-state index contributed by atoms with van der Waals surface area (Å²) in [7, 11) is 1.71. The van der Waals surface area contributed by atoms with Crippen LogP contribution in [-0.2, 0) is 0 Å². The average Bonchev–Trinajstić information content (AvgIpc) is 2.68. The van der Waals surface area contributed by atoms with Crippen LogP contribution in [0.15, 0.2) is 42.5 Å². The Bertz CT molecular complexity index is 742. The molecular formula is C22H30N2O3. The molecule has 1 heterocycles. The van der Waals surface area contributed by atoms with Gasteiger partial charge in [-0.2, -0.15) is 0 Å². The summed E-state index contributed by atoms with van der Waals surface area (Å²) in [6, 6.07) is 14.2. The lowest BCUT2D eigenvalue weighted by molar-refractivity contribution is 0.0660. The fourth-order valence-electron chi connectivity index (χ4n) is 3.56. The van der Waals surface area contributed by atoms with Crippen molar-refractivity contribution in [3.63, 3.8) is 0 Å². The first-order valence-electron chi connectivity index (χ1n) is 9.55. The Kier molecular flexibility index (Phi) is 6.58. The number of hydrogen-bond acceptors (Lipinski definition) is 5. The number of aryl methyl sites for hydroxylation is 2. The highest BCUT2D eigenvalue weighted by Crippen LogP contribution is 2.28. The third-order valence-corrected chi connectivity index (χ3v) is 5.03. The molecule has 1 aliphatic heterocycles. The maximum absolute atomic E-state index is 10.4. The maximum Gasteiger partial charge on any atom is 0.142 e. The third-order valence-electron chi connectivity index (χ3n) is 5.03. The van der Waals surface area contributed by atoms with Gasteiger partial charge in [-0.3, -0.25) is 4.90 Å². The van der Waals surface area contributed by atoms with Crippen LogP contribution in [0.25, 0.3) is 0 Å². The zero-order valence-electron chi connectivity index (χ0n) is 16.5. The van der Waals surface area contributed by atoms with Gasteiger partial charge >= 0.3 is 0 Å². The second-order valence-electron chi connectivity index (χ2n) is 7.19. The second kappa shape index (κ2) is 9.11. The number of ether oxygens (including phenoxy) is 2. The van der Waals surface area contributed by atoms with Crippen molar-refractivity contribution in [1.82, 2.24) is 4.90 Å². The van der Waals surface area contributed by atoms with Gasteiger partial charge in [0.25, 0.3) is 0 Å². The fourth-order valence-corrected chi connectivity index (χ4v) is 3.56. The predicted molar refractivity (Wildman–Crippen MR) is 109 cm³/mol. The zero-order valence-corrected chi connectivity index (χ0v) is 16.5. The van der Waals surface area contributed by atoms with Crippen LogP contribution >= 0.6 is 0 Å². The number of anilines is 1. The summed E-state index contributed by atoms with van der Waals surface area (Å²) in [6.07, 6.45) is -0.497. The number of benzene rings is 2. The first-order valence-corrected chi connectivity index (χ1v) is 9.55. The van der Waals surface area contributed by atoms with Gasteiger partial charge in [-0.25, -0.2) is 0 Å². The standard InChI is InChI=1S/C22H30N2O3/c1-17-8-9-21(18(2)14-17)27-16-19(25)15-23-10-12-24(13-11-23)20-6-4-5-7-22(20)26-3/h4-9,14,19,25H,10-13,15-16H2,1-3H3/t19-/m1/s1. The molecule has 1 N–H and O–H groups in total. The van der Waals surface area contributed by atoms with E-state index in [2.05, 4.69) is 28.9 Å². The van der Waals surface area contributed by atoms with E-state index in [0.29, 0.717) is 13.2 Å². The highest BCUT2D eigenvalue weighted by Gasteiger charge is 2.21. The largest absolute Gasteiger partial charge is 0.495 e. The molecule has 5 nitrogen and oxygen atoms in total. The van der Waals surface area contributed by atoms with Gasteiger partial charge in [0.2, 0.25) is 0 Å². The number of piperazine rings is 1. The van der Waals surface area contributed by atoms with Crippen molar-refractivity contribution >= 4 is 5.69 Å². The van der Waals surface area contributed by atoms with Gasteiger partial charge in [0.05, 0.1) is 12.8 Å². The van der Waals surface area contributed by atoms with Crippen molar-refractivity contribution in [2.75, 3.05) is 51.3 Å². The maximum atomic E-state index is 10.4. The molecule has 1 atom stereocenters. The summed E-state index contributed by atoms with van der Waals surface area (Å²) in [5, 5.41) is 10.4. The molecule has 0 aliphatic carbocycles. The van der Waals surface area contributed by atoms with Crippen LogP contribution in [0.3, 0.4) is 0 Å². The van der Waals surface area contributed by atoms with Crippen molar-refractivity contribution < 1.29 is 14.6 Å².